The van der Waals surface area contributed by atoms with E-state index in [1.165, 1.54) is 0 Å². The minimum atomic E-state index is -0.130. The molecule has 1 aliphatic carbocycles. The molecule has 5 nitrogen and oxygen atoms in total. The Hall–Kier alpha value is -2.82. The third kappa shape index (κ3) is 3.22. The summed E-state index contributed by atoms with van der Waals surface area (Å²) in [4.78, 5) is 17.2. The zero-order valence-corrected chi connectivity index (χ0v) is 14.4. The predicted octanol–water partition coefficient (Wildman–Crippen LogP) is 3.53. The topological polar surface area (TPSA) is 55.6 Å². The van der Waals surface area contributed by atoms with Gasteiger partial charge in [-0.2, -0.15) is 0 Å². The first-order chi connectivity index (χ1) is 12.1. The smallest absolute Gasteiger partial charge is 0.271 e. The minimum absolute atomic E-state index is 0.0185. The van der Waals surface area contributed by atoms with Gasteiger partial charge in [0.2, 0.25) is 0 Å². The van der Waals surface area contributed by atoms with E-state index in [1.807, 2.05) is 53.9 Å². The third-order valence-corrected chi connectivity index (χ3v) is 4.70. The summed E-state index contributed by atoms with van der Waals surface area (Å²) in [5, 5.41) is 3.17. The van der Waals surface area contributed by atoms with Crippen LogP contribution in [0.25, 0.3) is 5.65 Å². The van der Waals surface area contributed by atoms with Gasteiger partial charge in [0.1, 0.15) is 17.1 Å². The maximum Gasteiger partial charge on any atom is 0.271 e. The van der Waals surface area contributed by atoms with Crippen molar-refractivity contribution in [2.24, 2.45) is 5.92 Å². The molecule has 4 rings (SSSR count). The summed E-state index contributed by atoms with van der Waals surface area (Å²) >= 11 is 0. The lowest BCUT2D eigenvalue weighted by Crippen LogP contribution is -2.30. The van der Waals surface area contributed by atoms with Gasteiger partial charge in [-0.05, 0) is 61.1 Å². The van der Waals surface area contributed by atoms with Gasteiger partial charge in [0.05, 0.1) is 13.2 Å². The Morgan fingerprint density at radius 1 is 1.28 bits per heavy atom. The number of pyridine rings is 1. The molecule has 0 radical (unpaired) electrons. The summed E-state index contributed by atoms with van der Waals surface area (Å²) in [6.07, 6.45) is 5.99. The summed E-state index contributed by atoms with van der Waals surface area (Å²) in [6, 6.07) is 11.9. The van der Waals surface area contributed by atoms with Gasteiger partial charge < -0.3 is 14.5 Å². The van der Waals surface area contributed by atoms with Crippen LogP contribution in [0.4, 0.5) is 0 Å². The molecule has 1 N–H and O–H groups in total. The number of amides is 1. The summed E-state index contributed by atoms with van der Waals surface area (Å²) in [7, 11) is 1.65. The number of fused-ring (bicyclic) bond motifs is 1. The van der Waals surface area contributed by atoms with Crippen molar-refractivity contribution in [2.75, 3.05) is 7.11 Å². The van der Waals surface area contributed by atoms with E-state index in [4.69, 9.17) is 4.74 Å². The molecular formula is C20H21N3O2. The van der Waals surface area contributed by atoms with E-state index in [2.05, 4.69) is 10.3 Å². The number of carbonyl (C=O) groups is 1. The van der Waals surface area contributed by atoms with Gasteiger partial charge in [0.25, 0.3) is 5.91 Å². The van der Waals surface area contributed by atoms with Crippen LogP contribution >= 0.6 is 0 Å². The maximum absolute atomic E-state index is 12.7. The van der Waals surface area contributed by atoms with Gasteiger partial charge in [0, 0.05) is 12.4 Å². The van der Waals surface area contributed by atoms with Crippen LogP contribution in [-0.4, -0.2) is 22.4 Å². The van der Waals surface area contributed by atoms with Gasteiger partial charge >= 0.3 is 0 Å². The SMILES string of the molecule is COc1ccc([C@H](NC(=O)c2cn3ccc(C)cc3n2)C2CC2)cc1. The normalized spacial score (nSPS) is 15.1. The molecule has 0 aliphatic heterocycles. The van der Waals surface area contributed by atoms with Crippen molar-refractivity contribution in [1.29, 1.82) is 0 Å². The van der Waals surface area contributed by atoms with Gasteiger partial charge in [-0.15, -0.1) is 0 Å². The molecule has 1 amide bonds. The van der Waals surface area contributed by atoms with Gasteiger partial charge in [-0.25, -0.2) is 4.98 Å². The first-order valence-electron chi connectivity index (χ1n) is 8.54. The van der Waals surface area contributed by atoms with Crippen molar-refractivity contribution in [3.63, 3.8) is 0 Å². The van der Waals surface area contributed by atoms with E-state index in [0.717, 1.165) is 35.4 Å². The number of nitrogens with zero attached hydrogens (tertiary/aromatic N) is 2. The molecule has 0 spiro atoms. The van der Waals surface area contributed by atoms with E-state index in [-0.39, 0.29) is 11.9 Å². The second-order valence-electron chi connectivity index (χ2n) is 6.66. The molecule has 0 bridgehead atoms. The van der Waals surface area contributed by atoms with E-state index in [9.17, 15) is 4.79 Å². The van der Waals surface area contributed by atoms with Crippen molar-refractivity contribution in [3.8, 4) is 5.75 Å². The maximum atomic E-state index is 12.7. The standard InChI is InChI=1S/C20H21N3O2/c1-13-9-10-23-12-17(21-18(23)11-13)20(24)22-19(14-3-4-14)15-5-7-16(25-2)8-6-15/h5-12,14,19H,3-4H2,1-2H3,(H,22,24)/t19-/m1/s1. The average Bonchev–Trinajstić information content (AvgIpc) is 3.38. The molecule has 25 heavy (non-hydrogen) atoms. The number of aromatic nitrogens is 2. The van der Waals surface area contributed by atoms with Gasteiger partial charge in [-0.1, -0.05) is 12.1 Å². The Balaban J connectivity index is 1.57. The van der Waals surface area contributed by atoms with Gasteiger partial charge in [-0.3, -0.25) is 4.79 Å². The zero-order chi connectivity index (χ0) is 17.4. The number of hydrogen-bond donors (Lipinski definition) is 1. The highest BCUT2D eigenvalue weighted by Gasteiger charge is 2.34. The molecule has 5 heteroatoms. The van der Waals surface area contributed by atoms with Crippen molar-refractivity contribution in [3.05, 3.63) is 65.6 Å². The summed E-state index contributed by atoms with van der Waals surface area (Å²) < 4.78 is 7.10. The van der Waals surface area contributed by atoms with Crippen LogP contribution in [0.1, 0.15) is 40.5 Å². The van der Waals surface area contributed by atoms with Crippen LogP contribution in [0.2, 0.25) is 0 Å². The highest BCUT2D eigenvalue weighted by atomic mass is 16.5. The fourth-order valence-electron chi connectivity index (χ4n) is 3.12. The van der Waals surface area contributed by atoms with E-state index in [0.29, 0.717) is 11.6 Å². The Kier molecular flexibility index (Phi) is 3.92. The lowest BCUT2D eigenvalue weighted by Gasteiger charge is -2.18. The summed E-state index contributed by atoms with van der Waals surface area (Å²) in [5.41, 5.74) is 3.47. The van der Waals surface area contributed by atoms with Crippen molar-refractivity contribution in [2.45, 2.75) is 25.8 Å². The predicted molar refractivity (Wildman–Crippen MR) is 95.9 cm³/mol. The molecule has 1 aromatic carbocycles. The Morgan fingerprint density at radius 3 is 2.72 bits per heavy atom. The molecule has 2 aromatic heterocycles. The molecule has 1 atom stereocenters. The van der Waals surface area contributed by atoms with Crippen molar-refractivity contribution in [1.82, 2.24) is 14.7 Å². The van der Waals surface area contributed by atoms with Crippen LogP contribution in [-0.2, 0) is 0 Å². The molecule has 128 valence electrons. The van der Waals surface area contributed by atoms with E-state index >= 15 is 0 Å². The fraction of sp³-hybridized carbons (Fsp3) is 0.300. The minimum Gasteiger partial charge on any atom is -0.497 e. The number of methoxy groups -OCH3 is 1. The first-order valence-corrected chi connectivity index (χ1v) is 8.54. The summed E-state index contributed by atoms with van der Waals surface area (Å²) in [5.74, 6) is 1.19. The summed E-state index contributed by atoms with van der Waals surface area (Å²) in [6.45, 7) is 2.02. The van der Waals surface area contributed by atoms with Gasteiger partial charge in [0.15, 0.2) is 0 Å². The highest BCUT2D eigenvalue weighted by molar-refractivity contribution is 5.93. The number of carbonyl (C=O) groups excluding carboxylic acids is 1. The molecule has 0 unspecified atom stereocenters. The number of hydrogen-bond acceptors (Lipinski definition) is 3. The largest absolute Gasteiger partial charge is 0.497 e. The molecule has 2 heterocycles. The van der Waals surface area contributed by atoms with Crippen LogP contribution in [0, 0.1) is 12.8 Å². The quantitative estimate of drug-likeness (QED) is 0.776. The molecule has 3 aromatic rings. The monoisotopic (exact) mass is 335 g/mol. The fourth-order valence-corrected chi connectivity index (χ4v) is 3.12. The Labute approximate surface area is 146 Å². The number of rotatable bonds is 5. The average molecular weight is 335 g/mol. The Bertz CT molecular complexity index is 910. The molecule has 1 saturated carbocycles. The number of ether oxygens (including phenoxy) is 1. The lowest BCUT2D eigenvalue weighted by atomic mass is 10.0. The first kappa shape index (κ1) is 15.7. The second-order valence-corrected chi connectivity index (χ2v) is 6.66. The van der Waals surface area contributed by atoms with E-state index < -0.39 is 0 Å². The number of benzene rings is 1. The lowest BCUT2D eigenvalue weighted by molar-refractivity contribution is 0.0927. The van der Waals surface area contributed by atoms with E-state index in [1.54, 1.807) is 13.3 Å². The van der Waals surface area contributed by atoms with Crippen molar-refractivity contribution < 1.29 is 9.53 Å². The van der Waals surface area contributed by atoms with Crippen LogP contribution in [0.15, 0.2) is 48.8 Å². The Morgan fingerprint density at radius 2 is 2.04 bits per heavy atom. The number of imidazole rings is 1. The zero-order valence-electron chi connectivity index (χ0n) is 14.4. The van der Waals surface area contributed by atoms with Crippen LogP contribution in [0.3, 0.4) is 0 Å². The van der Waals surface area contributed by atoms with Crippen LogP contribution in [0.5, 0.6) is 5.75 Å². The number of nitrogens with one attached hydrogen (secondary N) is 1. The van der Waals surface area contributed by atoms with Crippen molar-refractivity contribution >= 4 is 11.6 Å². The third-order valence-electron chi connectivity index (χ3n) is 4.70. The molecule has 1 fully saturated rings. The molecule has 1 aliphatic rings. The molecular weight excluding hydrogens is 314 g/mol. The molecule has 0 saturated heterocycles. The highest BCUT2D eigenvalue weighted by Crippen LogP contribution is 2.41. The second kappa shape index (κ2) is 6.24. The van der Waals surface area contributed by atoms with Crippen LogP contribution < -0.4 is 10.1 Å². The number of aryl methyl sites for hydroxylation is 1.